The van der Waals surface area contributed by atoms with Gasteiger partial charge in [-0.05, 0) is 0 Å². The molecule has 4 N–H and O–H groups in total. The van der Waals surface area contributed by atoms with Gasteiger partial charge in [0.25, 0.3) is 0 Å². The molecule has 14 heavy (non-hydrogen) atoms. The first kappa shape index (κ1) is 11.8. The second-order valence-electron chi connectivity index (χ2n) is 3.32. The largest absolute Gasteiger partial charge is 0.394 e. The average Bonchev–Trinajstić information content (AvgIpc) is 2.19. The predicted octanol–water partition coefficient (Wildman–Crippen LogP) is -2.52. The van der Waals surface area contributed by atoms with Crippen LogP contribution in [-0.2, 0) is 9.47 Å². The lowest BCUT2D eigenvalue weighted by Crippen LogP contribution is -2.59. The Kier molecular flexibility index (Phi) is 4.24. The lowest BCUT2D eigenvalue weighted by atomic mass is 9.95. The topological polar surface area (TPSA) is 99.4 Å². The van der Waals surface area contributed by atoms with Crippen molar-refractivity contribution in [2.45, 2.75) is 30.5 Å². The monoisotopic (exact) mass is 208 g/mol. The molecule has 0 saturated carbocycles. The fourth-order valence-corrected chi connectivity index (χ4v) is 1.48. The van der Waals surface area contributed by atoms with Gasteiger partial charge in [-0.1, -0.05) is 0 Å². The van der Waals surface area contributed by atoms with Gasteiger partial charge in [0.2, 0.25) is 0 Å². The van der Waals surface area contributed by atoms with Gasteiger partial charge in [-0.2, -0.15) is 0 Å². The Morgan fingerprint density at radius 2 is 1.64 bits per heavy atom. The third-order valence-corrected chi connectivity index (χ3v) is 2.32. The summed E-state index contributed by atoms with van der Waals surface area (Å²) >= 11 is 0. The van der Waals surface area contributed by atoms with Gasteiger partial charge >= 0.3 is 0 Å². The lowest BCUT2D eigenvalue weighted by Gasteiger charge is -2.39. The van der Waals surface area contributed by atoms with Crippen LogP contribution in [-0.4, -0.2) is 71.3 Å². The highest BCUT2D eigenvalue weighted by Gasteiger charge is 2.43. The molecule has 1 heterocycles. The molecule has 1 saturated heterocycles. The highest BCUT2D eigenvalue weighted by molar-refractivity contribution is 4.91. The highest BCUT2D eigenvalue weighted by Crippen LogP contribution is 2.20. The van der Waals surface area contributed by atoms with Crippen molar-refractivity contribution < 1.29 is 29.9 Å². The van der Waals surface area contributed by atoms with Gasteiger partial charge in [0.05, 0.1) is 13.2 Å². The molecule has 1 fully saturated rings. The third kappa shape index (κ3) is 2.22. The number of methoxy groups -OCH3 is 1. The zero-order chi connectivity index (χ0) is 10.7. The average molecular weight is 208 g/mol. The Hall–Kier alpha value is -0.240. The minimum atomic E-state index is -1.32. The van der Waals surface area contributed by atoms with Crippen molar-refractivity contribution in [3.63, 3.8) is 0 Å². The van der Waals surface area contributed by atoms with Crippen LogP contribution in [0.5, 0.6) is 0 Å². The fourth-order valence-electron chi connectivity index (χ4n) is 1.48. The molecule has 1 aliphatic heterocycles. The third-order valence-electron chi connectivity index (χ3n) is 2.32. The second kappa shape index (κ2) is 5.01. The summed E-state index contributed by atoms with van der Waals surface area (Å²) in [5, 5.41) is 37.0. The summed E-state index contributed by atoms with van der Waals surface area (Å²) in [5.74, 6) is 0. The van der Waals surface area contributed by atoms with E-state index in [2.05, 4.69) is 0 Å². The van der Waals surface area contributed by atoms with Crippen LogP contribution in [0, 0.1) is 0 Å². The van der Waals surface area contributed by atoms with Gasteiger partial charge in [-0.25, -0.2) is 0 Å². The van der Waals surface area contributed by atoms with E-state index in [1.807, 2.05) is 0 Å². The van der Waals surface area contributed by atoms with Crippen LogP contribution in [0.15, 0.2) is 0 Å². The zero-order valence-electron chi connectivity index (χ0n) is 7.91. The van der Waals surface area contributed by atoms with Crippen LogP contribution in [0.2, 0.25) is 0 Å². The molecule has 0 aromatic rings. The number of hydrogen-bond donors (Lipinski definition) is 4. The summed E-state index contributed by atoms with van der Waals surface area (Å²) in [5.41, 5.74) is 0. The van der Waals surface area contributed by atoms with Crippen LogP contribution >= 0.6 is 0 Å². The van der Waals surface area contributed by atoms with E-state index in [0.717, 1.165) is 0 Å². The van der Waals surface area contributed by atoms with Gasteiger partial charge in [0.15, 0.2) is 0 Å². The van der Waals surface area contributed by atoms with Gasteiger partial charge < -0.3 is 29.9 Å². The molecule has 1 rings (SSSR count). The van der Waals surface area contributed by atoms with E-state index in [1.54, 1.807) is 0 Å². The van der Waals surface area contributed by atoms with Crippen molar-refractivity contribution in [2.75, 3.05) is 20.3 Å². The van der Waals surface area contributed by atoms with Gasteiger partial charge in [-0.15, -0.1) is 0 Å². The predicted molar refractivity (Wildman–Crippen MR) is 45.6 cm³/mol. The maximum Gasteiger partial charge on any atom is 0.111 e. The maximum atomic E-state index is 9.46. The molecule has 5 unspecified atom stereocenters. The van der Waals surface area contributed by atoms with E-state index in [0.29, 0.717) is 0 Å². The van der Waals surface area contributed by atoms with Crippen molar-refractivity contribution >= 4 is 0 Å². The summed E-state index contributed by atoms with van der Waals surface area (Å²) in [6.07, 6.45) is -5.40. The summed E-state index contributed by atoms with van der Waals surface area (Å²) < 4.78 is 9.90. The van der Waals surface area contributed by atoms with Crippen molar-refractivity contribution in [2.24, 2.45) is 0 Å². The minimum Gasteiger partial charge on any atom is -0.394 e. The summed E-state index contributed by atoms with van der Waals surface area (Å²) in [6.45, 7) is -0.313. The first-order chi connectivity index (χ1) is 6.61. The molecule has 0 aliphatic carbocycles. The summed E-state index contributed by atoms with van der Waals surface area (Å²) in [7, 11) is 1.43. The summed E-state index contributed by atoms with van der Waals surface area (Å²) in [6, 6.07) is 0. The Morgan fingerprint density at radius 1 is 1.07 bits per heavy atom. The van der Waals surface area contributed by atoms with Gasteiger partial charge in [0, 0.05) is 7.11 Å². The molecular weight excluding hydrogens is 192 g/mol. The van der Waals surface area contributed by atoms with E-state index >= 15 is 0 Å². The number of ether oxygens (including phenoxy) is 2. The molecule has 0 radical (unpaired) electrons. The maximum absolute atomic E-state index is 9.46. The van der Waals surface area contributed by atoms with Crippen LogP contribution in [0.25, 0.3) is 0 Å². The first-order valence-corrected chi connectivity index (χ1v) is 4.41. The number of rotatable bonds is 3. The van der Waals surface area contributed by atoms with E-state index < -0.39 is 37.1 Å². The van der Waals surface area contributed by atoms with Gasteiger partial charge in [-0.3, -0.25) is 0 Å². The van der Waals surface area contributed by atoms with Crippen LogP contribution < -0.4 is 0 Å². The van der Waals surface area contributed by atoms with Gasteiger partial charge in [0.1, 0.15) is 30.5 Å². The Labute approximate surface area is 81.7 Å². The second-order valence-corrected chi connectivity index (χ2v) is 3.32. The fraction of sp³-hybridized carbons (Fsp3) is 1.00. The first-order valence-electron chi connectivity index (χ1n) is 4.41. The highest BCUT2D eigenvalue weighted by atomic mass is 16.6. The Morgan fingerprint density at radius 3 is 2.14 bits per heavy atom. The van der Waals surface area contributed by atoms with Crippen LogP contribution in [0.1, 0.15) is 0 Å². The molecule has 6 heteroatoms. The minimum absolute atomic E-state index is 0.0987. The molecular formula is C8H16O6. The summed E-state index contributed by atoms with van der Waals surface area (Å²) in [4.78, 5) is 0. The van der Waals surface area contributed by atoms with Crippen molar-refractivity contribution in [3.05, 3.63) is 0 Å². The Balaban J connectivity index is 2.63. The molecule has 1 aliphatic rings. The van der Waals surface area contributed by atoms with Crippen LogP contribution in [0.4, 0.5) is 0 Å². The molecule has 6 nitrogen and oxygen atoms in total. The van der Waals surface area contributed by atoms with E-state index in [-0.39, 0.29) is 6.61 Å². The van der Waals surface area contributed by atoms with E-state index in [9.17, 15) is 15.3 Å². The normalized spacial score (nSPS) is 43.9. The Bertz CT molecular complexity index is 171. The number of hydrogen-bond acceptors (Lipinski definition) is 6. The smallest absolute Gasteiger partial charge is 0.111 e. The van der Waals surface area contributed by atoms with Crippen molar-refractivity contribution in [3.8, 4) is 0 Å². The van der Waals surface area contributed by atoms with E-state index in [1.165, 1.54) is 7.11 Å². The lowest BCUT2D eigenvalue weighted by molar-refractivity contribution is -0.237. The molecule has 0 bridgehead atoms. The molecule has 0 amide bonds. The zero-order valence-corrected chi connectivity index (χ0v) is 7.91. The molecule has 0 spiro atoms. The molecule has 84 valence electrons. The number of aliphatic hydroxyl groups excluding tert-OH is 4. The quantitative estimate of drug-likeness (QED) is 0.408. The molecule has 5 atom stereocenters. The van der Waals surface area contributed by atoms with Crippen molar-refractivity contribution in [1.29, 1.82) is 0 Å². The molecule has 0 aromatic heterocycles. The van der Waals surface area contributed by atoms with E-state index in [4.69, 9.17) is 14.6 Å². The SMILES string of the molecule is COCC1OC(CO)C(O)C(O)C1O. The molecule has 0 aromatic carbocycles. The van der Waals surface area contributed by atoms with Crippen LogP contribution in [0.3, 0.4) is 0 Å². The standard InChI is InChI=1S/C8H16O6/c1-13-3-5-7(11)8(12)6(10)4(2-9)14-5/h4-12H,2-3H2,1H3. The van der Waals surface area contributed by atoms with Crippen molar-refractivity contribution in [1.82, 2.24) is 0 Å². The number of aliphatic hydroxyl groups is 4.